The summed E-state index contributed by atoms with van der Waals surface area (Å²) in [6.45, 7) is 0.441. The van der Waals surface area contributed by atoms with E-state index < -0.39 is 0 Å². The number of aromatic nitrogens is 1. The summed E-state index contributed by atoms with van der Waals surface area (Å²) in [7, 11) is 1.51. The number of para-hydroxylation sites is 1. The maximum Gasteiger partial charge on any atom is 0.162 e. The quantitative estimate of drug-likeness (QED) is 0.876. The van der Waals surface area contributed by atoms with Crippen molar-refractivity contribution in [1.82, 2.24) is 4.98 Å². The summed E-state index contributed by atoms with van der Waals surface area (Å²) >= 11 is 0. The second kappa shape index (κ2) is 5.74. The zero-order valence-electron chi connectivity index (χ0n) is 10.4. The molecule has 0 amide bonds. The number of aromatic hydroxyl groups is 1. The number of phenolic OH excluding ortho intramolecular Hbond substituents is 1. The summed E-state index contributed by atoms with van der Waals surface area (Å²) < 4.78 is 5.04. The van der Waals surface area contributed by atoms with Crippen molar-refractivity contribution >= 4 is 5.69 Å². The molecule has 0 atom stereocenters. The molecule has 1 aromatic heterocycles. The molecule has 96 valence electrons. The van der Waals surface area contributed by atoms with Gasteiger partial charge in [-0.05, 0) is 18.2 Å². The average molecular weight is 255 g/mol. The first-order chi connectivity index (χ1) is 9.24. The Labute approximate surface area is 111 Å². The highest BCUT2D eigenvalue weighted by Crippen LogP contribution is 2.29. The lowest BCUT2D eigenvalue weighted by molar-refractivity contribution is 0.371. The van der Waals surface area contributed by atoms with Crippen molar-refractivity contribution in [3.8, 4) is 17.6 Å². The number of nitrogens with zero attached hydrogens (tertiary/aromatic N) is 2. The van der Waals surface area contributed by atoms with Gasteiger partial charge in [-0.2, -0.15) is 5.26 Å². The number of benzene rings is 1. The van der Waals surface area contributed by atoms with E-state index in [0.29, 0.717) is 18.0 Å². The van der Waals surface area contributed by atoms with Crippen LogP contribution >= 0.6 is 0 Å². The lowest BCUT2D eigenvalue weighted by atomic mass is 10.2. The van der Waals surface area contributed by atoms with Crippen LogP contribution in [0.5, 0.6) is 11.5 Å². The van der Waals surface area contributed by atoms with Crippen LogP contribution in [-0.4, -0.2) is 17.2 Å². The van der Waals surface area contributed by atoms with E-state index in [1.807, 2.05) is 18.2 Å². The highest BCUT2D eigenvalue weighted by atomic mass is 16.5. The third kappa shape index (κ3) is 2.93. The standard InChI is InChI=1S/C14H13N3O2/c1-19-13-4-2-3-10(14(13)18)8-16-12-6-5-11(7-15)17-9-12/h2-6,9,16,18H,8H2,1H3. The van der Waals surface area contributed by atoms with Crippen LogP contribution in [0.1, 0.15) is 11.3 Å². The van der Waals surface area contributed by atoms with Crippen LogP contribution in [0.2, 0.25) is 0 Å². The zero-order valence-corrected chi connectivity index (χ0v) is 10.4. The van der Waals surface area contributed by atoms with Gasteiger partial charge in [-0.1, -0.05) is 12.1 Å². The van der Waals surface area contributed by atoms with Gasteiger partial charge in [-0.25, -0.2) is 4.98 Å². The van der Waals surface area contributed by atoms with Gasteiger partial charge in [0.05, 0.1) is 19.0 Å². The number of phenols is 1. The Morgan fingerprint density at radius 3 is 2.84 bits per heavy atom. The predicted molar refractivity (Wildman–Crippen MR) is 70.9 cm³/mol. The minimum atomic E-state index is 0.124. The topological polar surface area (TPSA) is 78.2 Å². The molecule has 5 heteroatoms. The fourth-order valence-electron chi connectivity index (χ4n) is 1.64. The largest absolute Gasteiger partial charge is 0.504 e. The molecule has 5 nitrogen and oxygen atoms in total. The van der Waals surface area contributed by atoms with Gasteiger partial charge in [0, 0.05) is 12.1 Å². The zero-order chi connectivity index (χ0) is 13.7. The molecule has 1 aromatic carbocycles. The Bertz CT molecular complexity index is 603. The van der Waals surface area contributed by atoms with Crippen LogP contribution in [-0.2, 0) is 6.54 Å². The molecular weight excluding hydrogens is 242 g/mol. The Hall–Kier alpha value is -2.74. The molecule has 2 N–H and O–H groups in total. The SMILES string of the molecule is COc1cccc(CNc2ccc(C#N)nc2)c1O. The smallest absolute Gasteiger partial charge is 0.162 e. The summed E-state index contributed by atoms with van der Waals surface area (Å²) in [5, 5.41) is 21.7. The number of rotatable bonds is 4. The van der Waals surface area contributed by atoms with E-state index in [4.69, 9.17) is 10.00 Å². The van der Waals surface area contributed by atoms with Gasteiger partial charge >= 0.3 is 0 Å². The second-order valence-electron chi connectivity index (χ2n) is 3.87. The van der Waals surface area contributed by atoms with Gasteiger partial charge in [-0.15, -0.1) is 0 Å². The van der Waals surface area contributed by atoms with Crippen molar-refractivity contribution in [2.24, 2.45) is 0 Å². The van der Waals surface area contributed by atoms with Crippen molar-refractivity contribution in [2.45, 2.75) is 6.54 Å². The number of nitriles is 1. The fourth-order valence-corrected chi connectivity index (χ4v) is 1.64. The number of methoxy groups -OCH3 is 1. The van der Waals surface area contributed by atoms with Crippen LogP contribution in [0.3, 0.4) is 0 Å². The van der Waals surface area contributed by atoms with Gasteiger partial charge in [0.1, 0.15) is 11.8 Å². The Morgan fingerprint density at radius 2 is 2.21 bits per heavy atom. The molecule has 2 aromatic rings. The van der Waals surface area contributed by atoms with E-state index in [2.05, 4.69) is 10.3 Å². The first kappa shape index (κ1) is 12.7. The molecule has 0 aliphatic heterocycles. The molecule has 0 saturated carbocycles. The third-order valence-corrected chi connectivity index (χ3v) is 2.66. The van der Waals surface area contributed by atoms with Crippen LogP contribution in [0.4, 0.5) is 5.69 Å². The first-order valence-corrected chi connectivity index (χ1v) is 5.69. The van der Waals surface area contributed by atoms with Gasteiger partial charge < -0.3 is 15.2 Å². The van der Waals surface area contributed by atoms with Crippen LogP contribution in [0, 0.1) is 11.3 Å². The molecule has 0 unspecified atom stereocenters. The molecule has 0 aliphatic rings. The van der Waals surface area contributed by atoms with E-state index >= 15 is 0 Å². The highest BCUT2D eigenvalue weighted by molar-refractivity contribution is 5.49. The van der Waals surface area contributed by atoms with Gasteiger partial charge in [0.2, 0.25) is 0 Å². The highest BCUT2D eigenvalue weighted by Gasteiger charge is 2.06. The van der Waals surface area contributed by atoms with E-state index in [0.717, 1.165) is 11.3 Å². The molecule has 0 bridgehead atoms. The lowest BCUT2D eigenvalue weighted by Crippen LogP contribution is -2.01. The van der Waals surface area contributed by atoms with Gasteiger partial charge in [0.25, 0.3) is 0 Å². The maximum absolute atomic E-state index is 9.93. The average Bonchev–Trinajstić information content (AvgIpc) is 2.47. The maximum atomic E-state index is 9.93. The normalized spacial score (nSPS) is 9.68. The molecular formula is C14H13N3O2. The summed E-state index contributed by atoms with van der Waals surface area (Å²) in [6, 6.07) is 10.7. The Kier molecular flexibility index (Phi) is 3.84. The summed E-state index contributed by atoms with van der Waals surface area (Å²) in [6.07, 6.45) is 1.58. The first-order valence-electron chi connectivity index (χ1n) is 5.69. The van der Waals surface area contributed by atoms with E-state index in [1.165, 1.54) is 7.11 Å². The number of pyridine rings is 1. The predicted octanol–water partition coefficient (Wildman–Crippen LogP) is 2.28. The number of hydrogen-bond acceptors (Lipinski definition) is 5. The molecule has 0 spiro atoms. The van der Waals surface area contributed by atoms with E-state index in [1.54, 1.807) is 24.4 Å². The van der Waals surface area contributed by atoms with Crippen LogP contribution in [0.25, 0.3) is 0 Å². The lowest BCUT2D eigenvalue weighted by Gasteiger charge is -2.10. The van der Waals surface area contributed by atoms with Crippen LogP contribution < -0.4 is 10.1 Å². The summed E-state index contributed by atoms with van der Waals surface area (Å²) in [5.74, 6) is 0.566. The number of ether oxygens (including phenoxy) is 1. The van der Waals surface area contributed by atoms with Crippen molar-refractivity contribution in [3.63, 3.8) is 0 Å². The second-order valence-corrected chi connectivity index (χ2v) is 3.87. The molecule has 0 aliphatic carbocycles. The summed E-state index contributed by atoms with van der Waals surface area (Å²) in [5.41, 5.74) is 1.87. The van der Waals surface area contributed by atoms with Gasteiger partial charge in [-0.3, -0.25) is 0 Å². The molecule has 0 radical (unpaired) electrons. The van der Waals surface area contributed by atoms with Crippen LogP contribution in [0.15, 0.2) is 36.5 Å². The number of anilines is 1. The number of hydrogen-bond donors (Lipinski definition) is 2. The van der Waals surface area contributed by atoms with E-state index in [-0.39, 0.29) is 5.75 Å². The monoisotopic (exact) mass is 255 g/mol. The van der Waals surface area contributed by atoms with Crippen molar-refractivity contribution in [1.29, 1.82) is 5.26 Å². The number of nitrogens with one attached hydrogen (secondary N) is 1. The molecule has 2 rings (SSSR count). The molecule has 0 saturated heterocycles. The Balaban J connectivity index is 2.08. The molecule has 0 fully saturated rings. The fraction of sp³-hybridized carbons (Fsp3) is 0.143. The van der Waals surface area contributed by atoms with Gasteiger partial charge in [0.15, 0.2) is 11.5 Å². The molecule has 1 heterocycles. The minimum Gasteiger partial charge on any atom is -0.504 e. The van der Waals surface area contributed by atoms with E-state index in [9.17, 15) is 5.11 Å². The van der Waals surface area contributed by atoms with Crippen molar-refractivity contribution in [2.75, 3.05) is 12.4 Å². The summed E-state index contributed by atoms with van der Waals surface area (Å²) in [4.78, 5) is 3.95. The minimum absolute atomic E-state index is 0.124. The van der Waals surface area contributed by atoms with Crippen molar-refractivity contribution < 1.29 is 9.84 Å². The third-order valence-electron chi connectivity index (χ3n) is 2.66. The molecule has 19 heavy (non-hydrogen) atoms. The Morgan fingerprint density at radius 1 is 1.37 bits per heavy atom. The van der Waals surface area contributed by atoms with Crippen molar-refractivity contribution in [3.05, 3.63) is 47.8 Å².